The Morgan fingerprint density at radius 2 is 2.38 bits per heavy atom. The molecule has 1 atom stereocenters. The lowest BCUT2D eigenvalue weighted by Gasteiger charge is -2.01. The van der Waals surface area contributed by atoms with Gasteiger partial charge in [0, 0.05) is 6.54 Å². The van der Waals surface area contributed by atoms with E-state index in [1.807, 2.05) is 0 Å². The summed E-state index contributed by atoms with van der Waals surface area (Å²) in [5, 5.41) is 11.7. The van der Waals surface area contributed by atoms with Crippen LogP contribution < -0.4 is 11.1 Å². The van der Waals surface area contributed by atoms with E-state index in [2.05, 4.69) is 22.4 Å². The van der Waals surface area contributed by atoms with E-state index in [9.17, 15) is 4.79 Å². The fraction of sp³-hybridized carbons (Fsp3) is 0.667. The van der Waals surface area contributed by atoms with Crippen LogP contribution in [-0.4, -0.2) is 27.9 Å². The fourth-order valence-corrected chi connectivity index (χ4v) is 2.78. The third kappa shape index (κ3) is 4.36. The first-order valence-corrected chi connectivity index (χ1v) is 6.86. The highest BCUT2D eigenvalue weighted by Crippen LogP contribution is 2.28. The van der Waals surface area contributed by atoms with Crippen molar-refractivity contribution in [3.63, 3.8) is 0 Å². The number of hydrogen-bond donors (Lipinski definition) is 2. The zero-order valence-electron chi connectivity index (χ0n) is 9.40. The number of amides is 1. The average molecular weight is 260 g/mol. The standard InChI is InChI=1S/C9H16N4OS2/c1-3-4-5-11-8-12-13-9(16-8)15-6(2)7(10)14/h6H,3-5H2,1-2H3,(H2,10,14)(H,11,12). The number of thioether (sulfide) groups is 1. The molecule has 1 unspecified atom stereocenters. The molecule has 0 radical (unpaired) electrons. The molecule has 1 aromatic rings. The van der Waals surface area contributed by atoms with E-state index in [0.29, 0.717) is 0 Å². The number of hydrogen-bond acceptors (Lipinski definition) is 6. The van der Waals surface area contributed by atoms with Crippen LogP contribution in [-0.2, 0) is 4.79 Å². The normalized spacial score (nSPS) is 12.4. The fourth-order valence-electron chi connectivity index (χ4n) is 0.910. The first-order chi connectivity index (χ1) is 7.63. The molecule has 0 fully saturated rings. The minimum atomic E-state index is -0.333. The van der Waals surface area contributed by atoms with Gasteiger partial charge in [0.15, 0.2) is 4.34 Å². The smallest absolute Gasteiger partial charge is 0.230 e. The largest absolute Gasteiger partial charge is 0.369 e. The third-order valence-electron chi connectivity index (χ3n) is 1.89. The number of aromatic nitrogens is 2. The lowest BCUT2D eigenvalue weighted by atomic mass is 10.3. The van der Waals surface area contributed by atoms with Gasteiger partial charge in [0.1, 0.15) is 0 Å². The zero-order chi connectivity index (χ0) is 12.0. The van der Waals surface area contributed by atoms with Gasteiger partial charge in [-0.3, -0.25) is 4.79 Å². The third-order valence-corrected chi connectivity index (χ3v) is 3.97. The number of nitrogens with two attached hydrogens (primary N) is 1. The van der Waals surface area contributed by atoms with Gasteiger partial charge in [0.25, 0.3) is 0 Å². The molecule has 7 heteroatoms. The molecule has 0 aliphatic rings. The number of carbonyl (C=O) groups excluding carboxylic acids is 1. The quantitative estimate of drug-likeness (QED) is 0.576. The summed E-state index contributed by atoms with van der Waals surface area (Å²) in [5.74, 6) is -0.333. The van der Waals surface area contributed by atoms with Crippen LogP contribution in [0.25, 0.3) is 0 Å². The van der Waals surface area contributed by atoms with Crippen molar-refractivity contribution in [1.82, 2.24) is 10.2 Å². The Morgan fingerprint density at radius 3 is 3.00 bits per heavy atom. The topological polar surface area (TPSA) is 80.9 Å². The first kappa shape index (κ1) is 13.2. The van der Waals surface area contributed by atoms with Crippen molar-refractivity contribution in [2.75, 3.05) is 11.9 Å². The molecule has 0 aromatic carbocycles. The minimum absolute atomic E-state index is 0.267. The molecule has 16 heavy (non-hydrogen) atoms. The molecule has 1 aromatic heterocycles. The summed E-state index contributed by atoms with van der Waals surface area (Å²) >= 11 is 2.79. The summed E-state index contributed by atoms with van der Waals surface area (Å²) < 4.78 is 0.769. The molecule has 3 N–H and O–H groups in total. The van der Waals surface area contributed by atoms with Gasteiger partial charge in [-0.05, 0) is 13.3 Å². The van der Waals surface area contributed by atoms with Crippen LogP contribution in [0.5, 0.6) is 0 Å². The Kier molecular flexibility index (Phi) is 5.54. The Morgan fingerprint density at radius 1 is 1.62 bits per heavy atom. The van der Waals surface area contributed by atoms with Crippen molar-refractivity contribution in [2.24, 2.45) is 5.73 Å². The Hall–Kier alpha value is -0.820. The van der Waals surface area contributed by atoms with Crippen molar-refractivity contribution >= 4 is 34.1 Å². The Bertz CT molecular complexity index is 342. The van der Waals surface area contributed by atoms with Crippen molar-refractivity contribution in [1.29, 1.82) is 0 Å². The van der Waals surface area contributed by atoms with E-state index in [1.54, 1.807) is 6.92 Å². The van der Waals surface area contributed by atoms with Gasteiger partial charge in [-0.15, -0.1) is 10.2 Å². The summed E-state index contributed by atoms with van der Waals surface area (Å²) in [5.41, 5.74) is 5.17. The van der Waals surface area contributed by atoms with Gasteiger partial charge in [-0.2, -0.15) is 0 Å². The van der Waals surface area contributed by atoms with Crippen molar-refractivity contribution in [2.45, 2.75) is 36.3 Å². The monoisotopic (exact) mass is 260 g/mol. The van der Waals surface area contributed by atoms with Gasteiger partial charge in [-0.1, -0.05) is 36.4 Å². The number of anilines is 1. The first-order valence-electron chi connectivity index (χ1n) is 5.16. The minimum Gasteiger partial charge on any atom is -0.369 e. The number of nitrogens with one attached hydrogen (secondary N) is 1. The molecule has 1 amide bonds. The number of nitrogens with zero attached hydrogens (tertiary/aromatic N) is 2. The highest BCUT2D eigenvalue weighted by Gasteiger charge is 2.13. The van der Waals surface area contributed by atoms with Crippen LogP contribution in [0.15, 0.2) is 4.34 Å². The SMILES string of the molecule is CCCCNc1nnc(SC(C)C(N)=O)s1. The van der Waals surface area contributed by atoms with E-state index in [-0.39, 0.29) is 11.2 Å². The molecule has 1 heterocycles. The van der Waals surface area contributed by atoms with Gasteiger partial charge in [0.05, 0.1) is 5.25 Å². The van der Waals surface area contributed by atoms with Crippen LogP contribution >= 0.6 is 23.1 Å². The summed E-state index contributed by atoms with van der Waals surface area (Å²) in [6.45, 7) is 4.80. The van der Waals surface area contributed by atoms with Crippen molar-refractivity contribution < 1.29 is 4.79 Å². The van der Waals surface area contributed by atoms with E-state index < -0.39 is 0 Å². The zero-order valence-corrected chi connectivity index (χ0v) is 11.0. The molecule has 0 aliphatic heterocycles. The Labute approximate surface area is 103 Å². The average Bonchev–Trinajstić information content (AvgIpc) is 2.66. The van der Waals surface area contributed by atoms with Crippen molar-refractivity contribution in [3.8, 4) is 0 Å². The lowest BCUT2D eigenvalue weighted by molar-refractivity contribution is -0.117. The predicted octanol–water partition coefficient (Wildman–Crippen LogP) is 1.72. The summed E-state index contributed by atoms with van der Waals surface area (Å²) in [7, 11) is 0. The molecule has 90 valence electrons. The summed E-state index contributed by atoms with van der Waals surface area (Å²) in [6.07, 6.45) is 2.26. The molecule has 1 rings (SSSR count). The second kappa shape index (κ2) is 6.70. The van der Waals surface area contributed by atoms with Gasteiger partial charge in [-0.25, -0.2) is 0 Å². The molecule has 0 aliphatic carbocycles. The molecular weight excluding hydrogens is 244 g/mol. The predicted molar refractivity (Wildman–Crippen MR) is 67.8 cm³/mol. The maximum Gasteiger partial charge on any atom is 0.230 e. The van der Waals surface area contributed by atoms with Crippen LogP contribution in [0, 0.1) is 0 Å². The second-order valence-electron chi connectivity index (χ2n) is 3.32. The molecule has 0 saturated heterocycles. The van der Waals surface area contributed by atoms with Crippen LogP contribution in [0.2, 0.25) is 0 Å². The van der Waals surface area contributed by atoms with Crippen molar-refractivity contribution in [3.05, 3.63) is 0 Å². The maximum absolute atomic E-state index is 10.9. The highest BCUT2D eigenvalue weighted by molar-refractivity contribution is 8.02. The highest BCUT2D eigenvalue weighted by atomic mass is 32.2. The second-order valence-corrected chi connectivity index (χ2v) is 5.88. The Balaban J connectivity index is 2.42. The van der Waals surface area contributed by atoms with Crippen LogP contribution in [0.1, 0.15) is 26.7 Å². The lowest BCUT2D eigenvalue weighted by Crippen LogP contribution is -2.22. The van der Waals surface area contributed by atoms with E-state index in [1.165, 1.54) is 23.1 Å². The summed E-state index contributed by atoms with van der Waals surface area (Å²) in [6, 6.07) is 0. The number of carbonyl (C=O) groups is 1. The van der Waals surface area contributed by atoms with E-state index in [0.717, 1.165) is 28.9 Å². The number of rotatable bonds is 7. The van der Waals surface area contributed by atoms with Gasteiger partial charge >= 0.3 is 0 Å². The van der Waals surface area contributed by atoms with Crippen LogP contribution in [0.3, 0.4) is 0 Å². The molecule has 5 nitrogen and oxygen atoms in total. The number of primary amides is 1. The maximum atomic E-state index is 10.9. The molecule has 0 spiro atoms. The van der Waals surface area contributed by atoms with E-state index >= 15 is 0 Å². The molecule has 0 bridgehead atoms. The van der Waals surface area contributed by atoms with E-state index in [4.69, 9.17) is 5.73 Å². The van der Waals surface area contributed by atoms with Gasteiger partial charge < -0.3 is 11.1 Å². The molecular formula is C9H16N4OS2. The van der Waals surface area contributed by atoms with Crippen LogP contribution in [0.4, 0.5) is 5.13 Å². The number of unbranched alkanes of at least 4 members (excludes halogenated alkanes) is 1. The molecule has 0 saturated carbocycles. The summed E-state index contributed by atoms with van der Waals surface area (Å²) in [4.78, 5) is 10.9. The van der Waals surface area contributed by atoms with Gasteiger partial charge in [0.2, 0.25) is 11.0 Å².